The molecule has 78 valence electrons. The summed E-state index contributed by atoms with van der Waals surface area (Å²) in [6.45, 7) is 0. The zero-order chi connectivity index (χ0) is 10.5. The molecule has 0 radical (unpaired) electrons. The summed E-state index contributed by atoms with van der Waals surface area (Å²) >= 11 is 1.84. The molecule has 0 spiro atoms. The molecule has 3 nitrogen and oxygen atoms in total. The average molecular weight is 227 g/mol. The predicted octanol–water partition coefficient (Wildman–Crippen LogP) is 2.60. The highest BCUT2D eigenvalue weighted by Gasteiger charge is 2.38. The van der Waals surface area contributed by atoms with Crippen LogP contribution in [0.3, 0.4) is 0 Å². The minimum absolute atomic E-state index is 0.476. The van der Waals surface area contributed by atoms with Crippen molar-refractivity contribution in [2.45, 2.75) is 16.8 Å². The first-order chi connectivity index (χ1) is 7.93. The Morgan fingerprint density at radius 2 is 2.19 bits per heavy atom. The monoisotopic (exact) mass is 227 g/mol. The van der Waals surface area contributed by atoms with Crippen molar-refractivity contribution in [3.05, 3.63) is 42.4 Å². The Labute approximate surface area is 97.5 Å². The highest BCUT2D eigenvalue weighted by Crippen LogP contribution is 2.51. The fourth-order valence-corrected chi connectivity index (χ4v) is 3.66. The number of fused-ring (bicyclic) bond motifs is 5. The molecule has 2 aromatic rings. The van der Waals surface area contributed by atoms with Crippen LogP contribution in [0, 0.1) is 0 Å². The average Bonchev–Trinajstić information content (AvgIpc) is 2.83. The van der Waals surface area contributed by atoms with Crippen LogP contribution in [-0.4, -0.2) is 15.3 Å². The maximum Gasteiger partial charge on any atom is 0.125 e. The van der Waals surface area contributed by atoms with E-state index in [0.717, 1.165) is 17.1 Å². The van der Waals surface area contributed by atoms with Gasteiger partial charge in [-0.05, 0) is 11.6 Å². The predicted molar refractivity (Wildman–Crippen MR) is 64.0 cm³/mol. The van der Waals surface area contributed by atoms with Gasteiger partial charge >= 0.3 is 0 Å². The molecule has 2 aliphatic rings. The zero-order valence-electron chi connectivity index (χ0n) is 8.50. The lowest BCUT2D eigenvalue weighted by atomic mass is 10.2. The van der Waals surface area contributed by atoms with E-state index in [1.165, 1.54) is 11.3 Å². The Morgan fingerprint density at radius 1 is 1.25 bits per heavy atom. The molecule has 1 aromatic carbocycles. The molecule has 1 atom stereocenters. The summed E-state index contributed by atoms with van der Waals surface area (Å²) in [5.74, 6) is 0. The summed E-state index contributed by atoms with van der Waals surface area (Å²) in [5.41, 5.74) is 3.89. The van der Waals surface area contributed by atoms with Crippen molar-refractivity contribution in [1.29, 1.82) is 0 Å². The van der Waals surface area contributed by atoms with Crippen LogP contribution in [0.1, 0.15) is 5.56 Å². The first kappa shape index (κ1) is 8.58. The molecule has 0 aliphatic carbocycles. The second kappa shape index (κ2) is 2.98. The Kier molecular flexibility index (Phi) is 1.60. The summed E-state index contributed by atoms with van der Waals surface area (Å²) in [6.07, 6.45) is 4.63. The summed E-state index contributed by atoms with van der Waals surface area (Å²) in [6, 6.07) is 8.58. The number of rotatable bonds is 0. The van der Waals surface area contributed by atoms with Crippen LogP contribution in [-0.2, 0) is 6.42 Å². The number of para-hydroxylation sites is 1. The van der Waals surface area contributed by atoms with E-state index >= 15 is 0 Å². The Morgan fingerprint density at radius 3 is 3.19 bits per heavy atom. The van der Waals surface area contributed by atoms with Crippen molar-refractivity contribution in [2.24, 2.45) is 0 Å². The molecule has 0 saturated heterocycles. The van der Waals surface area contributed by atoms with E-state index in [9.17, 15) is 0 Å². The van der Waals surface area contributed by atoms with Gasteiger partial charge in [0.2, 0.25) is 0 Å². The normalized spacial score (nSPS) is 20.5. The molecule has 0 N–H and O–H groups in total. The van der Waals surface area contributed by atoms with Gasteiger partial charge in [-0.15, -0.1) is 0 Å². The number of aromatic nitrogens is 2. The molecule has 4 rings (SSSR count). The molecule has 0 saturated carbocycles. The van der Waals surface area contributed by atoms with Gasteiger partial charge in [0.05, 0.1) is 17.3 Å². The van der Waals surface area contributed by atoms with Crippen molar-refractivity contribution in [3.8, 4) is 0 Å². The van der Waals surface area contributed by atoms with Crippen LogP contribution in [0.25, 0.3) is 0 Å². The Bertz CT molecular complexity index is 520. The Balaban J connectivity index is 1.93. The zero-order valence-corrected chi connectivity index (χ0v) is 9.31. The third-order valence-electron chi connectivity index (χ3n) is 3.10. The molecule has 0 fully saturated rings. The van der Waals surface area contributed by atoms with Crippen LogP contribution < -0.4 is 4.90 Å². The number of hydrogen-bond acceptors (Lipinski definition) is 4. The largest absolute Gasteiger partial charge is 0.324 e. The smallest absolute Gasteiger partial charge is 0.125 e. The van der Waals surface area contributed by atoms with Crippen molar-refractivity contribution >= 4 is 23.1 Å². The minimum Gasteiger partial charge on any atom is -0.324 e. The van der Waals surface area contributed by atoms with Gasteiger partial charge in [0.1, 0.15) is 11.4 Å². The SMILES string of the molecule is c1ccc2c(c1)CC1Sc3ncncc3N21. The molecule has 16 heavy (non-hydrogen) atoms. The molecular weight excluding hydrogens is 218 g/mol. The van der Waals surface area contributed by atoms with Crippen molar-refractivity contribution < 1.29 is 0 Å². The first-order valence-corrected chi connectivity index (χ1v) is 6.15. The highest BCUT2D eigenvalue weighted by molar-refractivity contribution is 8.00. The molecule has 1 aromatic heterocycles. The highest BCUT2D eigenvalue weighted by atomic mass is 32.2. The second-order valence-corrected chi connectivity index (χ2v) is 5.16. The molecule has 1 unspecified atom stereocenters. The standard InChI is InChI=1S/C12H9N3S/c1-2-4-9-8(3-1)5-11-15(9)10-6-13-7-14-12(10)16-11/h1-4,6-7,11H,5H2. The maximum absolute atomic E-state index is 4.32. The topological polar surface area (TPSA) is 29.0 Å². The third-order valence-corrected chi connectivity index (χ3v) is 4.29. The van der Waals surface area contributed by atoms with Gasteiger partial charge in [0.25, 0.3) is 0 Å². The van der Waals surface area contributed by atoms with Crippen LogP contribution in [0.15, 0.2) is 41.8 Å². The van der Waals surface area contributed by atoms with E-state index in [1.807, 2.05) is 18.0 Å². The molecular formula is C12H9N3S. The van der Waals surface area contributed by atoms with Crippen LogP contribution in [0.2, 0.25) is 0 Å². The van der Waals surface area contributed by atoms with E-state index < -0.39 is 0 Å². The van der Waals surface area contributed by atoms with Gasteiger partial charge in [-0.25, -0.2) is 9.97 Å². The lowest BCUT2D eigenvalue weighted by Gasteiger charge is -2.18. The fraction of sp³-hybridized carbons (Fsp3) is 0.167. The number of thioether (sulfide) groups is 1. The minimum atomic E-state index is 0.476. The number of anilines is 2. The van der Waals surface area contributed by atoms with Gasteiger partial charge in [0.15, 0.2) is 0 Å². The third kappa shape index (κ3) is 0.998. The summed E-state index contributed by atoms with van der Waals surface area (Å²) in [4.78, 5) is 10.8. The lowest BCUT2D eigenvalue weighted by Crippen LogP contribution is -2.18. The van der Waals surface area contributed by atoms with E-state index in [-0.39, 0.29) is 0 Å². The first-order valence-electron chi connectivity index (χ1n) is 5.27. The second-order valence-electron chi connectivity index (χ2n) is 3.99. The Hall–Kier alpha value is -1.55. The number of hydrogen-bond donors (Lipinski definition) is 0. The van der Waals surface area contributed by atoms with Gasteiger partial charge in [0, 0.05) is 12.1 Å². The number of nitrogens with zero attached hydrogens (tertiary/aromatic N) is 3. The van der Waals surface area contributed by atoms with Crippen LogP contribution in [0.4, 0.5) is 11.4 Å². The molecule has 4 heteroatoms. The summed E-state index contributed by atoms with van der Waals surface area (Å²) < 4.78 is 0. The van der Waals surface area contributed by atoms with Gasteiger partial charge in [-0.2, -0.15) is 0 Å². The fourth-order valence-electron chi connectivity index (χ4n) is 2.43. The van der Waals surface area contributed by atoms with Gasteiger partial charge < -0.3 is 4.90 Å². The molecule has 3 heterocycles. The maximum atomic E-state index is 4.32. The number of benzene rings is 1. The van der Waals surface area contributed by atoms with Crippen molar-refractivity contribution in [3.63, 3.8) is 0 Å². The van der Waals surface area contributed by atoms with Crippen molar-refractivity contribution in [1.82, 2.24) is 9.97 Å². The van der Waals surface area contributed by atoms with E-state index in [4.69, 9.17) is 0 Å². The van der Waals surface area contributed by atoms with E-state index in [1.54, 1.807) is 6.33 Å². The van der Waals surface area contributed by atoms with Gasteiger partial charge in [-0.1, -0.05) is 30.0 Å². The molecule has 2 aliphatic heterocycles. The lowest BCUT2D eigenvalue weighted by molar-refractivity contribution is 0.934. The van der Waals surface area contributed by atoms with E-state index in [0.29, 0.717) is 5.37 Å². The van der Waals surface area contributed by atoms with Crippen LogP contribution in [0.5, 0.6) is 0 Å². The van der Waals surface area contributed by atoms with E-state index in [2.05, 4.69) is 39.1 Å². The summed E-state index contributed by atoms with van der Waals surface area (Å²) in [7, 11) is 0. The molecule has 0 amide bonds. The summed E-state index contributed by atoms with van der Waals surface area (Å²) in [5, 5.41) is 1.58. The van der Waals surface area contributed by atoms with Gasteiger partial charge in [-0.3, -0.25) is 0 Å². The van der Waals surface area contributed by atoms with Crippen molar-refractivity contribution in [2.75, 3.05) is 4.90 Å². The molecule has 0 bridgehead atoms. The quantitative estimate of drug-likeness (QED) is 0.647. The van der Waals surface area contributed by atoms with Crippen LogP contribution >= 0.6 is 11.8 Å².